The lowest BCUT2D eigenvalue weighted by molar-refractivity contribution is -0.121. The third-order valence-electron chi connectivity index (χ3n) is 3.24. The van der Waals surface area contributed by atoms with Crippen LogP contribution in [0.15, 0.2) is 18.2 Å². The zero-order valence-electron chi connectivity index (χ0n) is 12.5. The molecule has 0 aliphatic heterocycles. The number of carbonyl (C=O) groups is 1. The summed E-state index contributed by atoms with van der Waals surface area (Å²) < 4.78 is 5.26. The molecule has 0 saturated carbocycles. The summed E-state index contributed by atoms with van der Waals surface area (Å²) >= 11 is 6.13. The molecule has 0 radical (unpaired) electrons. The van der Waals surface area contributed by atoms with Gasteiger partial charge in [0, 0.05) is 22.7 Å². The van der Waals surface area contributed by atoms with Crippen LogP contribution in [-0.4, -0.2) is 25.1 Å². The first-order chi connectivity index (χ1) is 9.39. The summed E-state index contributed by atoms with van der Waals surface area (Å²) in [5.41, 5.74) is 0.681. The van der Waals surface area contributed by atoms with Crippen molar-refractivity contribution < 1.29 is 9.53 Å². The van der Waals surface area contributed by atoms with Gasteiger partial charge < -0.3 is 15.4 Å². The van der Waals surface area contributed by atoms with E-state index in [1.165, 1.54) is 0 Å². The molecule has 0 saturated heterocycles. The van der Waals surface area contributed by atoms with Crippen molar-refractivity contribution in [3.05, 3.63) is 28.8 Å². The zero-order valence-corrected chi connectivity index (χ0v) is 13.3. The Labute approximate surface area is 125 Å². The van der Waals surface area contributed by atoms with E-state index < -0.39 is 0 Å². The van der Waals surface area contributed by atoms with E-state index in [1.54, 1.807) is 13.2 Å². The number of ether oxygens (including phenoxy) is 1. The van der Waals surface area contributed by atoms with Crippen LogP contribution < -0.4 is 15.4 Å². The number of rotatable bonds is 7. The molecule has 1 amide bonds. The Balaban J connectivity index is 2.51. The van der Waals surface area contributed by atoms with Crippen LogP contribution in [-0.2, 0) is 11.3 Å². The predicted octanol–water partition coefficient (Wildman–Crippen LogP) is 2.74. The molecule has 112 valence electrons. The van der Waals surface area contributed by atoms with E-state index in [4.69, 9.17) is 16.3 Å². The van der Waals surface area contributed by atoms with Gasteiger partial charge in [-0.05, 0) is 32.4 Å². The zero-order chi connectivity index (χ0) is 15.2. The van der Waals surface area contributed by atoms with Gasteiger partial charge in [0.2, 0.25) is 5.91 Å². The Bertz CT molecular complexity index is 461. The van der Waals surface area contributed by atoms with E-state index in [0.717, 1.165) is 17.7 Å². The van der Waals surface area contributed by atoms with Gasteiger partial charge in [0.25, 0.3) is 0 Å². The lowest BCUT2D eigenvalue weighted by Gasteiger charge is -2.24. The van der Waals surface area contributed by atoms with Crippen LogP contribution >= 0.6 is 11.6 Å². The van der Waals surface area contributed by atoms with Crippen molar-refractivity contribution in [3.8, 4) is 5.75 Å². The van der Waals surface area contributed by atoms with Crippen LogP contribution in [0.25, 0.3) is 0 Å². The van der Waals surface area contributed by atoms with Crippen LogP contribution in [0.4, 0.5) is 0 Å². The number of nitrogens with one attached hydrogen (secondary N) is 2. The molecule has 0 aromatic heterocycles. The fraction of sp³-hybridized carbons (Fsp3) is 0.533. The summed E-state index contributed by atoms with van der Waals surface area (Å²) in [4.78, 5) is 11.8. The van der Waals surface area contributed by atoms with E-state index in [0.29, 0.717) is 11.6 Å². The lowest BCUT2D eigenvalue weighted by Crippen LogP contribution is -2.46. The highest BCUT2D eigenvalue weighted by atomic mass is 35.5. The van der Waals surface area contributed by atoms with Crippen LogP contribution in [0.2, 0.25) is 5.02 Å². The average Bonchev–Trinajstić information content (AvgIpc) is 2.40. The molecular formula is C15H23ClN2O2. The van der Waals surface area contributed by atoms with E-state index in [-0.39, 0.29) is 18.0 Å². The highest BCUT2D eigenvalue weighted by molar-refractivity contribution is 6.31. The van der Waals surface area contributed by atoms with Crippen LogP contribution in [0.1, 0.15) is 32.8 Å². The minimum atomic E-state index is -0.180. The second-order valence-corrected chi connectivity index (χ2v) is 5.72. The highest BCUT2D eigenvalue weighted by Crippen LogP contribution is 2.25. The van der Waals surface area contributed by atoms with Crippen molar-refractivity contribution in [1.82, 2.24) is 10.6 Å². The van der Waals surface area contributed by atoms with Gasteiger partial charge in [-0.1, -0.05) is 24.6 Å². The molecule has 0 atom stereocenters. The minimum absolute atomic E-state index is 0.0251. The first-order valence-corrected chi connectivity index (χ1v) is 7.10. The second kappa shape index (κ2) is 7.50. The molecule has 1 rings (SSSR count). The number of carbonyl (C=O) groups excluding carboxylic acids is 1. The van der Waals surface area contributed by atoms with Crippen molar-refractivity contribution in [2.75, 3.05) is 13.7 Å². The van der Waals surface area contributed by atoms with Gasteiger partial charge in [0.05, 0.1) is 13.7 Å². The number of amides is 1. The van der Waals surface area contributed by atoms with E-state index in [9.17, 15) is 4.79 Å². The normalized spacial score (nSPS) is 11.2. The maximum absolute atomic E-state index is 11.8. The molecule has 2 N–H and O–H groups in total. The van der Waals surface area contributed by atoms with Crippen molar-refractivity contribution in [3.63, 3.8) is 0 Å². The Morgan fingerprint density at radius 3 is 2.70 bits per heavy atom. The molecule has 0 unspecified atom stereocenters. The van der Waals surface area contributed by atoms with Crippen LogP contribution in [0.5, 0.6) is 5.75 Å². The van der Waals surface area contributed by atoms with Crippen molar-refractivity contribution >= 4 is 17.5 Å². The molecule has 5 heteroatoms. The molecule has 0 heterocycles. The largest absolute Gasteiger partial charge is 0.496 e. The van der Waals surface area contributed by atoms with E-state index in [2.05, 4.69) is 10.6 Å². The van der Waals surface area contributed by atoms with Gasteiger partial charge in [-0.3, -0.25) is 4.79 Å². The Morgan fingerprint density at radius 2 is 2.10 bits per heavy atom. The van der Waals surface area contributed by atoms with Gasteiger partial charge in [-0.25, -0.2) is 0 Å². The van der Waals surface area contributed by atoms with Crippen molar-refractivity contribution in [2.45, 2.75) is 39.3 Å². The average molecular weight is 299 g/mol. The summed E-state index contributed by atoms with van der Waals surface area (Å²) in [5, 5.41) is 6.69. The maximum Gasteiger partial charge on any atom is 0.234 e. The van der Waals surface area contributed by atoms with Gasteiger partial charge in [-0.15, -0.1) is 0 Å². The first-order valence-electron chi connectivity index (χ1n) is 6.72. The Morgan fingerprint density at radius 1 is 1.40 bits per heavy atom. The maximum atomic E-state index is 11.8. The van der Waals surface area contributed by atoms with Gasteiger partial charge in [0.15, 0.2) is 0 Å². The van der Waals surface area contributed by atoms with E-state index in [1.807, 2.05) is 32.9 Å². The minimum Gasteiger partial charge on any atom is -0.496 e. The van der Waals surface area contributed by atoms with Gasteiger partial charge in [0.1, 0.15) is 5.75 Å². The quantitative estimate of drug-likeness (QED) is 0.814. The van der Waals surface area contributed by atoms with Crippen LogP contribution in [0, 0.1) is 0 Å². The highest BCUT2D eigenvalue weighted by Gasteiger charge is 2.17. The molecule has 20 heavy (non-hydrogen) atoms. The summed E-state index contributed by atoms with van der Waals surface area (Å²) in [6, 6.07) is 5.49. The summed E-state index contributed by atoms with van der Waals surface area (Å²) in [7, 11) is 1.60. The summed E-state index contributed by atoms with van der Waals surface area (Å²) in [6.45, 7) is 6.78. The monoisotopic (exact) mass is 298 g/mol. The number of hydrogen-bond acceptors (Lipinski definition) is 3. The number of methoxy groups -OCH3 is 1. The molecule has 4 nitrogen and oxygen atoms in total. The fourth-order valence-electron chi connectivity index (χ4n) is 1.71. The SMILES string of the molecule is CCC(C)(C)NC(=O)CNCc1c(Cl)cccc1OC. The molecule has 0 aliphatic rings. The van der Waals surface area contributed by atoms with Gasteiger partial charge >= 0.3 is 0 Å². The standard InChI is InChI=1S/C15H23ClN2O2/c1-5-15(2,3)18-14(19)10-17-9-11-12(16)7-6-8-13(11)20-4/h6-8,17H,5,9-10H2,1-4H3,(H,18,19). The number of halogens is 1. The lowest BCUT2D eigenvalue weighted by atomic mass is 10.0. The molecule has 0 spiro atoms. The molecule has 0 bridgehead atoms. The molecule has 0 aliphatic carbocycles. The summed E-state index contributed by atoms with van der Waals surface area (Å²) in [5.74, 6) is 0.696. The molecule has 0 fully saturated rings. The predicted molar refractivity (Wildman–Crippen MR) is 82.2 cm³/mol. The molecule has 1 aromatic rings. The third kappa shape index (κ3) is 5.02. The third-order valence-corrected chi connectivity index (χ3v) is 3.60. The summed E-state index contributed by atoms with van der Waals surface area (Å²) in [6.07, 6.45) is 0.886. The van der Waals surface area contributed by atoms with Crippen molar-refractivity contribution in [1.29, 1.82) is 0 Å². The van der Waals surface area contributed by atoms with E-state index >= 15 is 0 Å². The number of benzene rings is 1. The molecule has 1 aromatic carbocycles. The van der Waals surface area contributed by atoms with Crippen molar-refractivity contribution in [2.24, 2.45) is 0 Å². The number of hydrogen-bond donors (Lipinski definition) is 2. The Kier molecular flexibility index (Phi) is 6.30. The Hall–Kier alpha value is -1.26. The first kappa shape index (κ1) is 16.8. The topological polar surface area (TPSA) is 50.4 Å². The second-order valence-electron chi connectivity index (χ2n) is 5.31. The molecular weight excluding hydrogens is 276 g/mol. The van der Waals surface area contributed by atoms with Crippen LogP contribution in [0.3, 0.4) is 0 Å². The fourth-order valence-corrected chi connectivity index (χ4v) is 1.95. The smallest absolute Gasteiger partial charge is 0.234 e. The van der Waals surface area contributed by atoms with Gasteiger partial charge in [-0.2, -0.15) is 0 Å².